The van der Waals surface area contributed by atoms with Gasteiger partial charge in [-0.05, 0) is 68.3 Å². The van der Waals surface area contributed by atoms with Crippen molar-refractivity contribution in [3.05, 3.63) is 89.7 Å². The molecule has 0 aliphatic carbocycles. The monoisotopic (exact) mass is 678 g/mol. The number of nitrogens with zero attached hydrogens (tertiary/aromatic N) is 2. The minimum Gasteiger partial charge on any atom is -0.506 e. The molecular weight excluding hydrogens is 668 g/mol. The molecule has 4 aromatic rings. The number of benzene rings is 4. The van der Waals surface area contributed by atoms with Gasteiger partial charge in [-0.2, -0.15) is 0 Å². The second-order valence-electron chi connectivity index (χ2n) is 6.82. The fourth-order valence-corrected chi connectivity index (χ4v) is 5.67. The van der Waals surface area contributed by atoms with Gasteiger partial charge >= 0.3 is 0 Å². The first kappa shape index (κ1) is 23.2. The van der Waals surface area contributed by atoms with Crippen molar-refractivity contribution in [1.82, 2.24) is 0 Å². The molecule has 0 heterocycles. The van der Waals surface area contributed by atoms with Gasteiger partial charge in [-0.15, -0.1) is 0 Å². The third-order valence-electron chi connectivity index (χ3n) is 4.68. The van der Waals surface area contributed by atoms with Crippen LogP contribution < -0.4 is 0 Å². The van der Waals surface area contributed by atoms with Crippen molar-refractivity contribution in [1.29, 1.82) is 0 Å². The Morgan fingerprint density at radius 3 is 1.41 bits per heavy atom. The first-order valence-corrected chi connectivity index (χ1v) is 12.5. The topological polar surface area (TPSA) is 65.2 Å². The highest BCUT2D eigenvalue weighted by molar-refractivity contribution is 9.11. The van der Waals surface area contributed by atoms with Crippen molar-refractivity contribution in [3.8, 4) is 11.5 Å². The van der Waals surface area contributed by atoms with Crippen molar-refractivity contribution < 1.29 is 10.2 Å². The highest BCUT2D eigenvalue weighted by Crippen LogP contribution is 2.35. The molecule has 0 atom stereocenters. The summed E-state index contributed by atoms with van der Waals surface area (Å²) in [4.78, 5) is 9.23. The highest BCUT2D eigenvalue weighted by atomic mass is 79.9. The maximum atomic E-state index is 10.3. The minimum absolute atomic E-state index is 0.127. The zero-order valence-corrected chi connectivity index (χ0v) is 22.6. The first-order chi connectivity index (χ1) is 15.3. The summed E-state index contributed by atoms with van der Waals surface area (Å²) in [6.07, 6.45) is 3.26. The standard InChI is InChI=1S/C24H14Br4N2O2/c25-15-7-13(23(31)19(27)9-15)11-29-21-5-1-3-17-18(21)4-2-6-22(17)30-12-14-8-16(26)10-20(28)24(14)32/h1-12,31-32H. The third-order valence-corrected chi connectivity index (χ3v) is 6.80. The normalized spacial score (nSPS) is 11.8. The van der Waals surface area contributed by atoms with Gasteiger partial charge < -0.3 is 10.2 Å². The molecule has 160 valence electrons. The fraction of sp³-hybridized carbons (Fsp3) is 0. The molecule has 0 bridgehead atoms. The Labute approximate surface area is 218 Å². The summed E-state index contributed by atoms with van der Waals surface area (Å²) >= 11 is 13.5. The second-order valence-corrected chi connectivity index (χ2v) is 10.4. The van der Waals surface area contributed by atoms with Gasteiger partial charge in [0.1, 0.15) is 11.5 Å². The van der Waals surface area contributed by atoms with Gasteiger partial charge in [-0.1, -0.05) is 56.1 Å². The van der Waals surface area contributed by atoms with Crippen molar-refractivity contribution in [2.45, 2.75) is 0 Å². The lowest BCUT2D eigenvalue weighted by Crippen LogP contribution is -1.85. The van der Waals surface area contributed by atoms with E-state index >= 15 is 0 Å². The molecular formula is C24H14Br4N2O2. The van der Waals surface area contributed by atoms with E-state index in [2.05, 4.69) is 73.7 Å². The largest absolute Gasteiger partial charge is 0.506 e. The molecule has 0 unspecified atom stereocenters. The highest BCUT2D eigenvalue weighted by Gasteiger charge is 2.08. The van der Waals surface area contributed by atoms with Gasteiger partial charge in [0.25, 0.3) is 0 Å². The number of phenols is 2. The van der Waals surface area contributed by atoms with Gasteiger partial charge in [0.2, 0.25) is 0 Å². The Bertz CT molecular complexity index is 1290. The van der Waals surface area contributed by atoms with Crippen LogP contribution in [0.15, 0.2) is 88.5 Å². The van der Waals surface area contributed by atoms with Gasteiger partial charge in [0.05, 0.1) is 20.3 Å². The Morgan fingerprint density at radius 1 is 0.594 bits per heavy atom. The van der Waals surface area contributed by atoms with E-state index in [0.717, 1.165) is 31.1 Å². The lowest BCUT2D eigenvalue weighted by molar-refractivity contribution is 0.470. The molecule has 0 aliphatic rings. The number of hydrogen-bond donors (Lipinski definition) is 2. The van der Waals surface area contributed by atoms with Crippen LogP contribution in [-0.4, -0.2) is 22.6 Å². The first-order valence-electron chi connectivity index (χ1n) is 9.29. The van der Waals surface area contributed by atoms with Crippen LogP contribution in [0.2, 0.25) is 0 Å². The van der Waals surface area contributed by atoms with E-state index in [1.54, 1.807) is 36.7 Å². The maximum Gasteiger partial charge on any atom is 0.138 e. The Hall–Kier alpha value is -2.00. The summed E-state index contributed by atoms with van der Waals surface area (Å²) in [5, 5.41) is 22.4. The van der Waals surface area contributed by atoms with Crippen LogP contribution in [-0.2, 0) is 0 Å². The molecule has 0 aliphatic heterocycles. The molecule has 0 fully saturated rings. The summed E-state index contributed by atoms with van der Waals surface area (Å²) in [6.45, 7) is 0. The van der Waals surface area contributed by atoms with Crippen LogP contribution in [0.3, 0.4) is 0 Å². The molecule has 4 aromatic carbocycles. The number of aliphatic imine (C=N–C) groups is 2. The zero-order chi connectivity index (χ0) is 22.8. The molecule has 0 amide bonds. The molecule has 0 aromatic heterocycles. The van der Waals surface area contributed by atoms with Gasteiger partial charge in [-0.25, -0.2) is 0 Å². The van der Waals surface area contributed by atoms with Crippen LogP contribution in [0.4, 0.5) is 11.4 Å². The van der Waals surface area contributed by atoms with Gasteiger partial charge in [0.15, 0.2) is 0 Å². The van der Waals surface area contributed by atoms with Crippen LogP contribution in [0, 0.1) is 0 Å². The van der Waals surface area contributed by atoms with Gasteiger partial charge in [-0.3, -0.25) is 9.98 Å². The van der Waals surface area contributed by atoms with Crippen LogP contribution >= 0.6 is 63.7 Å². The quantitative estimate of drug-likeness (QED) is 0.212. The van der Waals surface area contributed by atoms with E-state index in [0.29, 0.717) is 20.1 Å². The van der Waals surface area contributed by atoms with E-state index in [9.17, 15) is 10.2 Å². The lowest BCUT2D eigenvalue weighted by atomic mass is 10.1. The zero-order valence-electron chi connectivity index (χ0n) is 16.2. The average molecular weight is 682 g/mol. The Kier molecular flexibility index (Phi) is 7.14. The SMILES string of the molecule is Oc1c(Br)cc(Br)cc1C=Nc1cccc2c(N=Cc3cc(Br)cc(Br)c3O)cccc12. The summed E-state index contributed by atoms with van der Waals surface area (Å²) in [5.74, 6) is 0.255. The molecule has 4 nitrogen and oxygen atoms in total. The summed E-state index contributed by atoms with van der Waals surface area (Å²) in [6, 6.07) is 18.7. The number of fused-ring (bicyclic) bond motifs is 1. The second kappa shape index (κ2) is 9.87. The van der Waals surface area contributed by atoms with E-state index in [1.807, 2.05) is 36.4 Å². The third kappa shape index (κ3) is 4.98. The molecule has 8 heteroatoms. The molecule has 32 heavy (non-hydrogen) atoms. The Balaban J connectivity index is 1.74. The summed E-state index contributed by atoms with van der Waals surface area (Å²) in [7, 11) is 0. The van der Waals surface area contributed by atoms with Crippen LogP contribution in [0.5, 0.6) is 11.5 Å². The number of hydrogen-bond acceptors (Lipinski definition) is 4. The van der Waals surface area contributed by atoms with E-state index in [-0.39, 0.29) is 11.5 Å². The van der Waals surface area contributed by atoms with Crippen molar-refractivity contribution in [2.75, 3.05) is 0 Å². The van der Waals surface area contributed by atoms with Crippen LogP contribution in [0.25, 0.3) is 10.8 Å². The summed E-state index contributed by atoms with van der Waals surface area (Å²) in [5.41, 5.74) is 2.69. The predicted molar refractivity (Wildman–Crippen MR) is 145 cm³/mol. The minimum atomic E-state index is 0.127. The van der Waals surface area contributed by atoms with Crippen molar-refractivity contribution in [3.63, 3.8) is 0 Å². The summed E-state index contributed by atoms with van der Waals surface area (Å²) < 4.78 is 2.84. The van der Waals surface area contributed by atoms with Gasteiger partial charge in [0, 0.05) is 43.3 Å². The lowest BCUT2D eigenvalue weighted by Gasteiger charge is -2.07. The molecule has 4 rings (SSSR count). The number of halogens is 4. The molecule has 0 saturated carbocycles. The molecule has 2 N–H and O–H groups in total. The smallest absolute Gasteiger partial charge is 0.138 e. The van der Waals surface area contributed by atoms with E-state index in [1.165, 1.54) is 0 Å². The van der Waals surface area contributed by atoms with E-state index < -0.39 is 0 Å². The van der Waals surface area contributed by atoms with Crippen molar-refractivity contribution >= 4 is 98.3 Å². The van der Waals surface area contributed by atoms with E-state index in [4.69, 9.17) is 0 Å². The molecule has 0 spiro atoms. The van der Waals surface area contributed by atoms with Crippen LogP contribution in [0.1, 0.15) is 11.1 Å². The number of phenolic OH excluding ortho intramolecular Hbond substituents is 2. The average Bonchev–Trinajstić information content (AvgIpc) is 2.76. The van der Waals surface area contributed by atoms with Crippen molar-refractivity contribution in [2.24, 2.45) is 9.98 Å². The maximum absolute atomic E-state index is 10.3. The Morgan fingerprint density at radius 2 is 1.00 bits per heavy atom. The predicted octanol–water partition coefficient (Wildman–Crippen LogP) is 8.80. The number of aromatic hydroxyl groups is 2. The fourth-order valence-electron chi connectivity index (χ4n) is 3.15. The number of rotatable bonds is 4. The molecule has 0 saturated heterocycles. The molecule has 0 radical (unpaired) electrons.